The lowest BCUT2D eigenvalue weighted by Crippen LogP contribution is -1.95. The van der Waals surface area contributed by atoms with Crippen LogP contribution in [0, 0.1) is 0 Å². The third-order valence-electron chi connectivity index (χ3n) is 2.36. The highest BCUT2D eigenvalue weighted by Crippen LogP contribution is 2.22. The first-order valence-corrected chi connectivity index (χ1v) is 4.88. The van der Waals surface area contributed by atoms with Crippen molar-refractivity contribution in [1.29, 1.82) is 0 Å². The van der Waals surface area contributed by atoms with E-state index in [4.69, 9.17) is 5.73 Å². The molecule has 76 valence electrons. The van der Waals surface area contributed by atoms with E-state index < -0.39 is 0 Å². The number of nitrogens with two attached hydrogens (primary N) is 1. The molecule has 2 nitrogen and oxygen atoms in total. The van der Waals surface area contributed by atoms with Crippen molar-refractivity contribution in [3.05, 3.63) is 54.1 Å². The molecule has 2 heteroatoms. The smallest absolute Gasteiger partial charge is 0.115 e. The minimum Gasteiger partial charge on any atom is -0.508 e. The second-order valence-corrected chi connectivity index (χ2v) is 3.45. The van der Waals surface area contributed by atoms with E-state index in [9.17, 15) is 5.11 Å². The van der Waals surface area contributed by atoms with Crippen LogP contribution in [0.4, 0.5) is 0 Å². The highest BCUT2D eigenvalue weighted by atomic mass is 16.3. The molecule has 0 amide bonds. The topological polar surface area (TPSA) is 46.2 Å². The van der Waals surface area contributed by atoms with E-state index in [0.29, 0.717) is 6.54 Å². The number of phenolic OH excluding ortho intramolecular Hbond substituents is 1. The Balaban J connectivity index is 2.40. The fraction of sp³-hybridized carbons (Fsp3) is 0.0769. The normalized spacial score (nSPS) is 10.2. The van der Waals surface area contributed by atoms with Crippen molar-refractivity contribution in [2.75, 3.05) is 0 Å². The van der Waals surface area contributed by atoms with Crippen molar-refractivity contribution in [1.82, 2.24) is 0 Å². The van der Waals surface area contributed by atoms with Crippen LogP contribution in [0.3, 0.4) is 0 Å². The molecule has 0 heterocycles. The summed E-state index contributed by atoms with van der Waals surface area (Å²) in [5.41, 5.74) is 8.90. The summed E-state index contributed by atoms with van der Waals surface area (Å²) < 4.78 is 0. The lowest BCUT2D eigenvalue weighted by molar-refractivity contribution is 0.475. The minimum absolute atomic E-state index is 0.286. The number of hydrogen-bond acceptors (Lipinski definition) is 2. The zero-order chi connectivity index (χ0) is 10.7. The van der Waals surface area contributed by atoms with Gasteiger partial charge in [0.05, 0.1) is 0 Å². The first-order valence-electron chi connectivity index (χ1n) is 4.88. The van der Waals surface area contributed by atoms with Crippen molar-refractivity contribution in [3.63, 3.8) is 0 Å². The number of benzene rings is 2. The van der Waals surface area contributed by atoms with Crippen LogP contribution in [0.25, 0.3) is 11.1 Å². The van der Waals surface area contributed by atoms with Gasteiger partial charge in [-0.05, 0) is 34.9 Å². The van der Waals surface area contributed by atoms with Gasteiger partial charge in [0.2, 0.25) is 0 Å². The van der Waals surface area contributed by atoms with Crippen LogP contribution in [0.1, 0.15) is 5.56 Å². The number of hydrogen-bond donors (Lipinski definition) is 2. The van der Waals surface area contributed by atoms with Crippen LogP contribution in [-0.4, -0.2) is 5.11 Å². The molecule has 0 aliphatic carbocycles. The second kappa shape index (κ2) is 4.15. The molecule has 3 N–H and O–H groups in total. The van der Waals surface area contributed by atoms with Gasteiger partial charge in [-0.1, -0.05) is 30.3 Å². The van der Waals surface area contributed by atoms with Crippen LogP contribution in [-0.2, 0) is 6.54 Å². The molecule has 0 aliphatic rings. The molecule has 0 bridgehead atoms. The number of phenols is 1. The van der Waals surface area contributed by atoms with Gasteiger partial charge in [-0.2, -0.15) is 0 Å². The quantitative estimate of drug-likeness (QED) is 0.780. The molecule has 15 heavy (non-hydrogen) atoms. The molecule has 0 spiro atoms. The molecule has 2 rings (SSSR count). The van der Waals surface area contributed by atoms with E-state index in [0.717, 1.165) is 16.7 Å². The SMILES string of the molecule is NCc1cccc(-c2ccc(O)cc2)c1. The van der Waals surface area contributed by atoms with Crippen LogP contribution in [0.15, 0.2) is 48.5 Å². The van der Waals surface area contributed by atoms with Gasteiger partial charge in [-0.15, -0.1) is 0 Å². The van der Waals surface area contributed by atoms with Gasteiger partial charge in [-0.3, -0.25) is 0 Å². The maximum absolute atomic E-state index is 9.18. The molecule has 0 aromatic heterocycles. The van der Waals surface area contributed by atoms with Gasteiger partial charge in [0.1, 0.15) is 5.75 Å². The Morgan fingerprint density at radius 1 is 0.933 bits per heavy atom. The van der Waals surface area contributed by atoms with E-state index >= 15 is 0 Å². The summed E-state index contributed by atoms with van der Waals surface area (Å²) in [6, 6.07) is 15.2. The van der Waals surface area contributed by atoms with Gasteiger partial charge < -0.3 is 10.8 Å². The summed E-state index contributed by atoms with van der Waals surface area (Å²) >= 11 is 0. The van der Waals surface area contributed by atoms with Crippen molar-refractivity contribution < 1.29 is 5.11 Å². The second-order valence-electron chi connectivity index (χ2n) is 3.45. The summed E-state index contributed by atoms with van der Waals surface area (Å²) in [7, 11) is 0. The summed E-state index contributed by atoms with van der Waals surface area (Å²) in [4.78, 5) is 0. The molecule has 0 fully saturated rings. The third-order valence-corrected chi connectivity index (χ3v) is 2.36. The van der Waals surface area contributed by atoms with Crippen molar-refractivity contribution in [2.45, 2.75) is 6.54 Å². The van der Waals surface area contributed by atoms with Gasteiger partial charge in [0.15, 0.2) is 0 Å². The molecule has 0 unspecified atom stereocenters. The third kappa shape index (κ3) is 2.17. The molecule has 0 atom stereocenters. The first-order chi connectivity index (χ1) is 7.29. The van der Waals surface area contributed by atoms with E-state index in [1.165, 1.54) is 0 Å². The average Bonchev–Trinajstić information content (AvgIpc) is 2.30. The largest absolute Gasteiger partial charge is 0.508 e. The Bertz CT molecular complexity index is 448. The predicted octanol–water partition coefficient (Wildman–Crippen LogP) is 2.52. The van der Waals surface area contributed by atoms with E-state index in [1.807, 2.05) is 30.3 Å². The van der Waals surface area contributed by atoms with Crippen LogP contribution in [0.5, 0.6) is 5.75 Å². The van der Waals surface area contributed by atoms with Crippen LogP contribution in [0.2, 0.25) is 0 Å². The molecule has 0 saturated carbocycles. The predicted molar refractivity (Wildman–Crippen MR) is 61.4 cm³/mol. The minimum atomic E-state index is 0.286. The van der Waals surface area contributed by atoms with Gasteiger partial charge in [-0.25, -0.2) is 0 Å². The fourth-order valence-electron chi connectivity index (χ4n) is 1.53. The lowest BCUT2D eigenvalue weighted by Gasteiger charge is -2.04. The molecule has 2 aromatic carbocycles. The van der Waals surface area contributed by atoms with E-state index in [-0.39, 0.29) is 5.75 Å². The summed E-state index contributed by atoms with van der Waals surface area (Å²) in [6.07, 6.45) is 0. The molecule has 0 saturated heterocycles. The zero-order valence-corrected chi connectivity index (χ0v) is 8.35. The Labute approximate surface area is 89.0 Å². The van der Waals surface area contributed by atoms with Crippen LogP contribution >= 0.6 is 0 Å². The summed E-state index contributed by atoms with van der Waals surface area (Å²) in [5.74, 6) is 0.286. The van der Waals surface area contributed by atoms with Gasteiger partial charge >= 0.3 is 0 Å². The maximum atomic E-state index is 9.18. The Morgan fingerprint density at radius 3 is 2.33 bits per heavy atom. The molecular formula is C13H13NO. The van der Waals surface area contributed by atoms with Gasteiger partial charge in [0.25, 0.3) is 0 Å². The molecule has 2 aromatic rings. The van der Waals surface area contributed by atoms with E-state index in [1.54, 1.807) is 12.1 Å². The highest BCUT2D eigenvalue weighted by Gasteiger charge is 1.98. The van der Waals surface area contributed by atoms with Crippen molar-refractivity contribution in [2.24, 2.45) is 5.73 Å². The lowest BCUT2D eigenvalue weighted by atomic mass is 10.0. The van der Waals surface area contributed by atoms with Crippen LogP contribution < -0.4 is 5.73 Å². The Kier molecular flexibility index (Phi) is 2.70. The summed E-state index contributed by atoms with van der Waals surface area (Å²) in [6.45, 7) is 0.548. The molecular weight excluding hydrogens is 186 g/mol. The molecule has 0 radical (unpaired) electrons. The number of rotatable bonds is 2. The summed E-state index contributed by atoms with van der Waals surface area (Å²) in [5, 5.41) is 9.18. The highest BCUT2D eigenvalue weighted by molar-refractivity contribution is 5.64. The Morgan fingerprint density at radius 2 is 1.67 bits per heavy atom. The number of aromatic hydroxyl groups is 1. The standard InChI is InChI=1S/C13H13NO/c14-9-10-2-1-3-12(8-10)11-4-6-13(15)7-5-11/h1-8,15H,9,14H2. The fourth-order valence-corrected chi connectivity index (χ4v) is 1.53. The van der Waals surface area contributed by atoms with Gasteiger partial charge in [0, 0.05) is 6.54 Å². The maximum Gasteiger partial charge on any atom is 0.115 e. The van der Waals surface area contributed by atoms with E-state index in [2.05, 4.69) is 6.07 Å². The zero-order valence-electron chi connectivity index (χ0n) is 8.35. The van der Waals surface area contributed by atoms with Crippen molar-refractivity contribution >= 4 is 0 Å². The van der Waals surface area contributed by atoms with Crippen molar-refractivity contribution in [3.8, 4) is 16.9 Å². The monoisotopic (exact) mass is 199 g/mol. The molecule has 0 aliphatic heterocycles. The first kappa shape index (κ1) is 9.74. The average molecular weight is 199 g/mol. The Hall–Kier alpha value is -1.80.